The largest absolute Gasteiger partial charge is 0.385 e. The Morgan fingerprint density at radius 3 is 1.56 bits per heavy atom. The molecule has 0 unspecified atom stereocenters. The normalized spacial score (nSPS) is 6.11. The SMILES string of the molecule is CCCC.NC(=S)S.[Mn]. The van der Waals surface area contributed by atoms with Crippen molar-refractivity contribution in [3.8, 4) is 0 Å². The molecule has 0 rings (SSSR count). The second-order valence-corrected chi connectivity index (χ2v) is 2.56. The average molecular weight is 206 g/mol. The number of thiol groups is 1. The Labute approximate surface area is 78.7 Å². The molecule has 0 aliphatic carbocycles. The van der Waals surface area contributed by atoms with Crippen LogP contribution in [0.4, 0.5) is 0 Å². The van der Waals surface area contributed by atoms with Crippen molar-refractivity contribution in [2.24, 2.45) is 5.73 Å². The van der Waals surface area contributed by atoms with Gasteiger partial charge in [-0.15, -0.1) is 12.6 Å². The fraction of sp³-hybridized carbons (Fsp3) is 0.800. The first-order chi connectivity index (χ1) is 3.65. The molecule has 0 aromatic rings. The van der Waals surface area contributed by atoms with E-state index in [0.717, 1.165) is 0 Å². The van der Waals surface area contributed by atoms with Gasteiger partial charge in [0.05, 0.1) is 0 Å². The third-order valence-corrected chi connectivity index (χ3v) is 0.500. The van der Waals surface area contributed by atoms with Gasteiger partial charge in [-0.3, -0.25) is 0 Å². The number of hydrogen-bond acceptors (Lipinski definition) is 1. The van der Waals surface area contributed by atoms with Gasteiger partial charge in [-0.2, -0.15) is 0 Å². The third kappa shape index (κ3) is 129. The van der Waals surface area contributed by atoms with E-state index < -0.39 is 0 Å². The average Bonchev–Trinajstić information content (AvgIpc) is 1.65. The molecule has 0 saturated heterocycles. The molecule has 0 aromatic heterocycles. The number of thiocarbonyl (C=S) groups is 1. The molecule has 0 aliphatic heterocycles. The van der Waals surface area contributed by atoms with Gasteiger partial charge in [-0.25, -0.2) is 0 Å². The smallest absolute Gasteiger partial charge is 0.128 e. The minimum Gasteiger partial charge on any atom is -0.385 e. The second kappa shape index (κ2) is 15.9. The van der Waals surface area contributed by atoms with Gasteiger partial charge in [-0.1, -0.05) is 38.9 Å². The Morgan fingerprint density at radius 2 is 1.56 bits per heavy atom. The molecule has 0 aromatic carbocycles. The minimum atomic E-state index is 0. The van der Waals surface area contributed by atoms with E-state index in [-0.39, 0.29) is 21.4 Å². The summed E-state index contributed by atoms with van der Waals surface area (Å²) in [6, 6.07) is 0. The predicted octanol–water partition coefficient (Wildman–Crippen LogP) is 1.96. The van der Waals surface area contributed by atoms with Crippen LogP contribution >= 0.6 is 24.8 Å². The zero-order valence-electron chi connectivity index (χ0n) is 5.72. The van der Waals surface area contributed by atoms with Crippen molar-refractivity contribution < 1.29 is 17.1 Å². The van der Waals surface area contributed by atoms with E-state index in [2.05, 4.69) is 38.7 Å². The molecule has 0 spiro atoms. The molecule has 0 fully saturated rings. The Morgan fingerprint density at radius 1 is 1.44 bits per heavy atom. The van der Waals surface area contributed by atoms with Crippen molar-refractivity contribution in [2.45, 2.75) is 26.7 Å². The van der Waals surface area contributed by atoms with E-state index in [4.69, 9.17) is 5.73 Å². The van der Waals surface area contributed by atoms with Crippen molar-refractivity contribution in [3.63, 3.8) is 0 Å². The molecule has 57 valence electrons. The number of unbranched alkanes of at least 4 members (excludes halogenated alkanes) is 1. The van der Waals surface area contributed by atoms with Crippen molar-refractivity contribution in [1.82, 2.24) is 0 Å². The summed E-state index contributed by atoms with van der Waals surface area (Å²) in [7, 11) is 0. The molecule has 1 nitrogen and oxygen atoms in total. The van der Waals surface area contributed by atoms with Crippen molar-refractivity contribution in [3.05, 3.63) is 0 Å². The van der Waals surface area contributed by atoms with Gasteiger partial charge >= 0.3 is 0 Å². The topological polar surface area (TPSA) is 26.0 Å². The molecule has 0 aliphatic rings. The van der Waals surface area contributed by atoms with Crippen LogP contribution in [0.25, 0.3) is 0 Å². The van der Waals surface area contributed by atoms with Crippen LogP contribution < -0.4 is 5.73 Å². The Hall–Kier alpha value is 0.759. The van der Waals surface area contributed by atoms with Crippen molar-refractivity contribution in [1.29, 1.82) is 0 Å². The summed E-state index contributed by atoms with van der Waals surface area (Å²) in [5.74, 6) is 0. The number of rotatable bonds is 1. The standard InChI is InChI=1S/C4H10.CH3NS2.Mn/c1-3-4-2;2-1(3)4;/h3-4H2,1-2H3;(H3,2,3,4);. The molecule has 9 heavy (non-hydrogen) atoms. The van der Waals surface area contributed by atoms with Gasteiger partial charge < -0.3 is 5.73 Å². The molecule has 0 heterocycles. The molecule has 0 atom stereocenters. The monoisotopic (exact) mass is 206 g/mol. The van der Waals surface area contributed by atoms with Crippen LogP contribution in [0, 0.1) is 0 Å². The van der Waals surface area contributed by atoms with E-state index in [9.17, 15) is 0 Å². The third-order valence-electron chi connectivity index (χ3n) is 0.500. The molecular weight excluding hydrogens is 193 g/mol. The van der Waals surface area contributed by atoms with Crippen LogP contribution in [-0.4, -0.2) is 4.32 Å². The molecule has 4 heteroatoms. The maximum Gasteiger partial charge on any atom is 0.128 e. The minimum absolute atomic E-state index is 0. The Kier molecular flexibility index (Phi) is 29.0. The summed E-state index contributed by atoms with van der Waals surface area (Å²) in [5.41, 5.74) is 4.71. The van der Waals surface area contributed by atoms with Crippen LogP contribution in [0.15, 0.2) is 0 Å². The fourth-order valence-electron chi connectivity index (χ4n) is 0. The van der Waals surface area contributed by atoms with Crippen LogP contribution in [0.3, 0.4) is 0 Å². The van der Waals surface area contributed by atoms with Gasteiger partial charge in [0, 0.05) is 17.1 Å². The summed E-state index contributed by atoms with van der Waals surface area (Å²) in [6.07, 6.45) is 2.64. The Balaban J connectivity index is -0.0000000720. The van der Waals surface area contributed by atoms with E-state index >= 15 is 0 Å². The van der Waals surface area contributed by atoms with Crippen LogP contribution in [0.2, 0.25) is 0 Å². The van der Waals surface area contributed by atoms with Gasteiger partial charge in [-0.05, 0) is 0 Å². The molecule has 0 amide bonds. The van der Waals surface area contributed by atoms with E-state index in [1.54, 1.807) is 0 Å². The quantitative estimate of drug-likeness (QED) is 0.389. The van der Waals surface area contributed by atoms with Gasteiger partial charge in [0.25, 0.3) is 0 Å². The van der Waals surface area contributed by atoms with Crippen LogP contribution in [0.1, 0.15) is 26.7 Å². The second-order valence-electron chi connectivity index (χ2n) is 1.34. The van der Waals surface area contributed by atoms with Gasteiger partial charge in [0.15, 0.2) is 0 Å². The van der Waals surface area contributed by atoms with Gasteiger partial charge in [0.1, 0.15) is 4.32 Å². The van der Waals surface area contributed by atoms with Crippen LogP contribution in [-0.2, 0) is 17.1 Å². The van der Waals surface area contributed by atoms with E-state index in [1.165, 1.54) is 12.8 Å². The molecule has 1 radical (unpaired) electrons. The summed E-state index contributed by atoms with van der Waals surface area (Å²) < 4.78 is 0.194. The molecular formula is C5H13MnNS2. The zero-order chi connectivity index (χ0) is 6.99. The summed E-state index contributed by atoms with van der Waals surface area (Å²) in [5, 5.41) is 0. The van der Waals surface area contributed by atoms with Crippen molar-refractivity contribution >= 4 is 29.2 Å². The fourth-order valence-corrected chi connectivity index (χ4v) is 0. The maximum atomic E-state index is 4.71. The van der Waals surface area contributed by atoms with Crippen molar-refractivity contribution in [2.75, 3.05) is 0 Å². The number of hydrogen-bond donors (Lipinski definition) is 2. The maximum absolute atomic E-state index is 4.71. The van der Waals surface area contributed by atoms with E-state index in [0.29, 0.717) is 0 Å². The molecule has 0 saturated carbocycles. The first-order valence-electron chi connectivity index (χ1n) is 2.63. The summed E-state index contributed by atoms with van der Waals surface area (Å²) in [6.45, 7) is 4.36. The molecule has 0 bridgehead atoms. The number of nitrogens with two attached hydrogens (primary N) is 1. The predicted molar refractivity (Wildman–Crippen MR) is 46.4 cm³/mol. The van der Waals surface area contributed by atoms with E-state index in [1.807, 2.05) is 0 Å². The first-order valence-corrected chi connectivity index (χ1v) is 3.49. The Bertz CT molecular complexity index is 52.9. The summed E-state index contributed by atoms with van der Waals surface area (Å²) in [4.78, 5) is 0. The zero-order valence-corrected chi connectivity index (χ0v) is 8.62. The first kappa shape index (κ1) is 16.4. The molecule has 2 N–H and O–H groups in total. The van der Waals surface area contributed by atoms with Gasteiger partial charge in [0.2, 0.25) is 0 Å². The summed E-state index contributed by atoms with van der Waals surface area (Å²) >= 11 is 7.65. The van der Waals surface area contributed by atoms with Crippen LogP contribution in [0.5, 0.6) is 0 Å².